The molecule has 0 fully saturated rings. The van der Waals surface area contributed by atoms with Gasteiger partial charge in [0.25, 0.3) is 0 Å². The normalized spacial score (nSPS) is 11.9. The number of nitrogens with zero attached hydrogens (tertiary/aromatic N) is 2. The highest BCUT2D eigenvalue weighted by Crippen LogP contribution is 2.06. The molecular weight excluding hydrogens is 260 g/mol. The molecule has 1 heterocycles. The molecule has 1 aromatic rings. The molecule has 0 spiro atoms. The van der Waals surface area contributed by atoms with Crippen LogP contribution in [0, 0.1) is 0 Å². The number of aliphatic carboxylic acids is 1. The molecule has 0 aliphatic heterocycles. The highest BCUT2D eigenvalue weighted by Gasteiger charge is 2.18. The Kier molecular flexibility index (Phi) is 6.02. The SMILES string of the molecule is CCCC(NC(=O)NCc1cn(C)nc1CC)C(=O)O. The van der Waals surface area contributed by atoms with Gasteiger partial charge in [-0.2, -0.15) is 5.10 Å². The molecule has 0 aromatic carbocycles. The summed E-state index contributed by atoms with van der Waals surface area (Å²) >= 11 is 0. The van der Waals surface area contributed by atoms with Crippen LogP contribution in [0.2, 0.25) is 0 Å². The average Bonchev–Trinajstić information content (AvgIpc) is 2.76. The molecule has 2 amide bonds. The third-order valence-corrected chi connectivity index (χ3v) is 2.95. The quantitative estimate of drug-likeness (QED) is 0.696. The summed E-state index contributed by atoms with van der Waals surface area (Å²) in [6.45, 7) is 4.20. The Labute approximate surface area is 118 Å². The van der Waals surface area contributed by atoms with Crippen molar-refractivity contribution in [3.63, 3.8) is 0 Å². The maximum atomic E-state index is 11.7. The van der Waals surface area contributed by atoms with Crippen molar-refractivity contribution >= 4 is 12.0 Å². The molecule has 0 saturated heterocycles. The van der Waals surface area contributed by atoms with E-state index in [9.17, 15) is 9.59 Å². The maximum absolute atomic E-state index is 11.7. The molecule has 0 aliphatic rings. The van der Waals surface area contributed by atoms with Crippen molar-refractivity contribution in [2.24, 2.45) is 7.05 Å². The molecule has 1 unspecified atom stereocenters. The van der Waals surface area contributed by atoms with Crippen LogP contribution in [0.1, 0.15) is 37.9 Å². The van der Waals surface area contributed by atoms with E-state index in [-0.39, 0.29) is 0 Å². The summed E-state index contributed by atoms with van der Waals surface area (Å²) < 4.78 is 1.70. The van der Waals surface area contributed by atoms with E-state index in [1.165, 1.54) is 0 Å². The minimum Gasteiger partial charge on any atom is -0.480 e. The van der Waals surface area contributed by atoms with Gasteiger partial charge in [0.05, 0.1) is 5.69 Å². The molecule has 0 saturated carbocycles. The molecular formula is C13H22N4O3. The predicted octanol–water partition coefficient (Wildman–Crippen LogP) is 1.03. The number of carboxylic acids is 1. The molecule has 20 heavy (non-hydrogen) atoms. The molecule has 0 bridgehead atoms. The van der Waals surface area contributed by atoms with Gasteiger partial charge in [-0.25, -0.2) is 9.59 Å². The van der Waals surface area contributed by atoms with Crippen LogP contribution < -0.4 is 10.6 Å². The number of aromatic nitrogens is 2. The molecule has 7 nitrogen and oxygen atoms in total. The Morgan fingerprint density at radius 3 is 2.70 bits per heavy atom. The summed E-state index contributed by atoms with van der Waals surface area (Å²) in [7, 11) is 1.82. The first-order chi connectivity index (χ1) is 9.47. The Morgan fingerprint density at radius 2 is 2.15 bits per heavy atom. The number of carbonyl (C=O) groups is 2. The zero-order valence-electron chi connectivity index (χ0n) is 12.1. The topological polar surface area (TPSA) is 96.3 Å². The third kappa shape index (κ3) is 4.56. The lowest BCUT2D eigenvalue weighted by Gasteiger charge is -2.14. The zero-order chi connectivity index (χ0) is 15.1. The first kappa shape index (κ1) is 16.0. The lowest BCUT2D eigenvalue weighted by atomic mass is 10.2. The first-order valence-electron chi connectivity index (χ1n) is 6.76. The van der Waals surface area contributed by atoms with Gasteiger partial charge >= 0.3 is 12.0 Å². The van der Waals surface area contributed by atoms with Crippen LogP contribution in [-0.2, 0) is 24.8 Å². The van der Waals surface area contributed by atoms with Crippen molar-refractivity contribution in [2.45, 2.75) is 45.7 Å². The summed E-state index contributed by atoms with van der Waals surface area (Å²) in [5, 5.41) is 18.4. The van der Waals surface area contributed by atoms with Crippen LogP contribution in [0.4, 0.5) is 4.79 Å². The van der Waals surface area contributed by atoms with Crippen molar-refractivity contribution in [3.05, 3.63) is 17.5 Å². The summed E-state index contributed by atoms with van der Waals surface area (Å²) in [5.74, 6) is -1.02. The molecule has 112 valence electrons. The fourth-order valence-electron chi connectivity index (χ4n) is 1.96. The predicted molar refractivity (Wildman–Crippen MR) is 74.3 cm³/mol. The summed E-state index contributed by atoms with van der Waals surface area (Å²) in [5.41, 5.74) is 1.86. The fraction of sp³-hybridized carbons (Fsp3) is 0.615. The van der Waals surface area contributed by atoms with Crippen molar-refractivity contribution in [1.82, 2.24) is 20.4 Å². The molecule has 0 aliphatic carbocycles. The van der Waals surface area contributed by atoms with Gasteiger partial charge in [0.15, 0.2) is 0 Å². The second-order valence-electron chi connectivity index (χ2n) is 4.63. The van der Waals surface area contributed by atoms with Crippen LogP contribution in [0.3, 0.4) is 0 Å². The van der Waals surface area contributed by atoms with Gasteiger partial charge in [0.2, 0.25) is 0 Å². The van der Waals surface area contributed by atoms with Crippen LogP contribution in [0.5, 0.6) is 0 Å². The smallest absolute Gasteiger partial charge is 0.326 e. The molecule has 1 aromatic heterocycles. The number of carboxylic acid groups (broad SMARTS) is 1. The van der Waals surface area contributed by atoms with Gasteiger partial charge in [0.1, 0.15) is 6.04 Å². The Hall–Kier alpha value is -2.05. The fourth-order valence-corrected chi connectivity index (χ4v) is 1.96. The van der Waals surface area contributed by atoms with Crippen molar-refractivity contribution in [2.75, 3.05) is 0 Å². The number of rotatable bonds is 7. The molecule has 7 heteroatoms. The summed E-state index contributed by atoms with van der Waals surface area (Å²) in [4.78, 5) is 22.6. The van der Waals surface area contributed by atoms with Crippen molar-refractivity contribution in [3.8, 4) is 0 Å². The van der Waals surface area contributed by atoms with Gasteiger partial charge in [-0.3, -0.25) is 4.68 Å². The number of hydrogen-bond acceptors (Lipinski definition) is 3. The second kappa shape index (κ2) is 7.52. The molecule has 0 radical (unpaired) electrons. The van der Waals surface area contributed by atoms with E-state index in [1.54, 1.807) is 4.68 Å². The Balaban J connectivity index is 2.52. The minimum absolute atomic E-state index is 0.335. The van der Waals surface area contributed by atoms with E-state index in [4.69, 9.17) is 5.11 Å². The average molecular weight is 282 g/mol. The summed E-state index contributed by atoms with van der Waals surface area (Å²) in [6.07, 6.45) is 3.74. The Bertz CT molecular complexity index is 470. The number of nitrogens with one attached hydrogen (secondary N) is 2. The lowest BCUT2D eigenvalue weighted by molar-refractivity contribution is -0.139. The Morgan fingerprint density at radius 1 is 1.45 bits per heavy atom. The molecule has 1 atom stereocenters. The first-order valence-corrected chi connectivity index (χ1v) is 6.76. The lowest BCUT2D eigenvalue weighted by Crippen LogP contribution is -2.45. The number of hydrogen-bond donors (Lipinski definition) is 3. The van der Waals surface area contributed by atoms with E-state index in [0.717, 1.165) is 17.7 Å². The van der Waals surface area contributed by atoms with Gasteiger partial charge in [0, 0.05) is 25.4 Å². The number of aryl methyl sites for hydroxylation is 2. The number of urea groups is 1. The maximum Gasteiger partial charge on any atom is 0.326 e. The molecule has 3 N–H and O–H groups in total. The van der Waals surface area contributed by atoms with E-state index in [2.05, 4.69) is 15.7 Å². The van der Waals surface area contributed by atoms with Crippen molar-refractivity contribution < 1.29 is 14.7 Å². The van der Waals surface area contributed by atoms with Gasteiger partial charge in [-0.15, -0.1) is 0 Å². The van der Waals surface area contributed by atoms with Gasteiger partial charge in [-0.1, -0.05) is 20.3 Å². The van der Waals surface area contributed by atoms with Crippen LogP contribution in [0.25, 0.3) is 0 Å². The van der Waals surface area contributed by atoms with Gasteiger partial charge in [-0.05, 0) is 12.8 Å². The van der Waals surface area contributed by atoms with Crippen LogP contribution in [-0.4, -0.2) is 32.9 Å². The number of carbonyl (C=O) groups excluding carboxylic acids is 1. The second-order valence-corrected chi connectivity index (χ2v) is 4.63. The van der Waals surface area contributed by atoms with Crippen LogP contribution in [0.15, 0.2) is 6.20 Å². The zero-order valence-corrected chi connectivity index (χ0v) is 12.1. The number of amides is 2. The van der Waals surface area contributed by atoms with Crippen molar-refractivity contribution in [1.29, 1.82) is 0 Å². The largest absolute Gasteiger partial charge is 0.480 e. The highest BCUT2D eigenvalue weighted by atomic mass is 16.4. The molecule has 1 rings (SSSR count). The highest BCUT2D eigenvalue weighted by molar-refractivity contribution is 5.82. The monoisotopic (exact) mass is 282 g/mol. The van der Waals surface area contributed by atoms with Gasteiger partial charge < -0.3 is 15.7 Å². The summed E-state index contributed by atoms with van der Waals surface area (Å²) in [6, 6.07) is -1.32. The van der Waals surface area contributed by atoms with E-state index < -0.39 is 18.0 Å². The van der Waals surface area contributed by atoms with E-state index in [1.807, 2.05) is 27.1 Å². The minimum atomic E-state index is -1.02. The third-order valence-electron chi connectivity index (χ3n) is 2.95. The standard InChI is InChI=1S/C13H22N4O3/c1-4-6-11(12(18)19)15-13(20)14-7-9-8-17(3)16-10(9)5-2/h8,11H,4-7H2,1-3H3,(H,18,19)(H2,14,15,20). The van der Waals surface area contributed by atoms with E-state index in [0.29, 0.717) is 19.4 Å². The van der Waals surface area contributed by atoms with Crippen LogP contribution >= 0.6 is 0 Å². The van der Waals surface area contributed by atoms with E-state index >= 15 is 0 Å².